The Morgan fingerprint density at radius 1 is 1.44 bits per heavy atom. The number of nitrogens with one attached hydrogen (secondary N) is 1. The minimum atomic E-state index is 0.733. The maximum Gasteiger partial charge on any atom is 0.224 e. The summed E-state index contributed by atoms with van der Waals surface area (Å²) in [6.45, 7) is 5.11. The van der Waals surface area contributed by atoms with E-state index in [2.05, 4.69) is 27.1 Å². The molecule has 0 spiro atoms. The van der Waals surface area contributed by atoms with Crippen molar-refractivity contribution in [3.8, 4) is 0 Å². The van der Waals surface area contributed by atoms with Gasteiger partial charge in [0.1, 0.15) is 5.82 Å². The summed E-state index contributed by atoms with van der Waals surface area (Å²) in [6.07, 6.45) is 3.07. The average Bonchev–Trinajstić information content (AvgIpc) is 2.58. The largest absolute Gasteiger partial charge is 0.356 e. The van der Waals surface area contributed by atoms with Crippen LogP contribution in [0.1, 0.15) is 13.3 Å². The zero-order valence-electron chi connectivity index (χ0n) is 9.65. The maximum absolute atomic E-state index is 4.52. The van der Waals surface area contributed by atoms with E-state index in [1.54, 1.807) is 0 Å². The lowest BCUT2D eigenvalue weighted by Crippen LogP contribution is -2.26. The number of hydrogen-bond donors (Lipinski definition) is 1. The van der Waals surface area contributed by atoms with Crippen LogP contribution in [0.5, 0.6) is 0 Å². The third-order valence-electron chi connectivity index (χ3n) is 2.52. The SMILES string of the molecule is CCNc1nccc(N2CCCSCC2)n1. The zero-order chi connectivity index (χ0) is 11.2. The van der Waals surface area contributed by atoms with Crippen LogP contribution in [0.25, 0.3) is 0 Å². The van der Waals surface area contributed by atoms with Crippen molar-refractivity contribution in [3.63, 3.8) is 0 Å². The molecule has 2 rings (SSSR count). The molecule has 0 amide bonds. The molecule has 0 bridgehead atoms. The van der Waals surface area contributed by atoms with E-state index in [9.17, 15) is 0 Å². The molecule has 0 aliphatic carbocycles. The molecule has 1 aliphatic heterocycles. The van der Waals surface area contributed by atoms with Crippen LogP contribution in [0, 0.1) is 0 Å². The summed E-state index contributed by atoms with van der Waals surface area (Å²) in [6, 6.07) is 2.00. The highest BCUT2D eigenvalue weighted by molar-refractivity contribution is 7.99. The first-order valence-corrected chi connectivity index (χ1v) is 6.95. The van der Waals surface area contributed by atoms with E-state index in [1.807, 2.05) is 24.0 Å². The van der Waals surface area contributed by atoms with E-state index < -0.39 is 0 Å². The molecule has 1 saturated heterocycles. The molecule has 1 aromatic rings. The van der Waals surface area contributed by atoms with Crippen molar-refractivity contribution in [2.45, 2.75) is 13.3 Å². The number of thioether (sulfide) groups is 1. The molecular formula is C11H18N4S. The summed E-state index contributed by atoms with van der Waals surface area (Å²) < 4.78 is 0. The van der Waals surface area contributed by atoms with Crippen LogP contribution in [-0.2, 0) is 0 Å². The third kappa shape index (κ3) is 3.01. The highest BCUT2D eigenvalue weighted by Gasteiger charge is 2.11. The Labute approximate surface area is 101 Å². The Morgan fingerprint density at radius 2 is 2.38 bits per heavy atom. The van der Waals surface area contributed by atoms with Gasteiger partial charge in [0.05, 0.1) is 0 Å². The second-order valence-corrected chi connectivity index (χ2v) is 4.95. The van der Waals surface area contributed by atoms with Crippen molar-refractivity contribution in [1.29, 1.82) is 0 Å². The summed E-state index contributed by atoms with van der Waals surface area (Å²) in [5.74, 6) is 4.24. The summed E-state index contributed by atoms with van der Waals surface area (Å²) in [4.78, 5) is 11.1. The number of anilines is 2. The molecule has 16 heavy (non-hydrogen) atoms. The van der Waals surface area contributed by atoms with Gasteiger partial charge in [-0.15, -0.1) is 0 Å². The van der Waals surface area contributed by atoms with Gasteiger partial charge in [0.15, 0.2) is 0 Å². The molecule has 0 saturated carbocycles. The molecule has 1 aliphatic rings. The number of hydrogen-bond acceptors (Lipinski definition) is 5. The lowest BCUT2D eigenvalue weighted by Gasteiger charge is -2.21. The lowest BCUT2D eigenvalue weighted by molar-refractivity contribution is 0.799. The minimum absolute atomic E-state index is 0.733. The predicted octanol–water partition coefficient (Wildman–Crippen LogP) is 1.85. The van der Waals surface area contributed by atoms with E-state index in [4.69, 9.17) is 0 Å². The molecule has 4 nitrogen and oxygen atoms in total. The number of aromatic nitrogens is 2. The smallest absolute Gasteiger partial charge is 0.224 e. The number of rotatable bonds is 3. The van der Waals surface area contributed by atoms with E-state index in [-0.39, 0.29) is 0 Å². The van der Waals surface area contributed by atoms with Gasteiger partial charge in [0.25, 0.3) is 0 Å². The molecule has 0 unspecified atom stereocenters. The zero-order valence-corrected chi connectivity index (χ0v) is 10.5. The van der Waals surface area contributed by atoms with Gasteiger partial charge in [-0.3, -0.25) is 0 Å². The Kier molecular flexibility index (Phi) is 4.27. The van der Waals surface area contributed by atoms with Gasteiger partial charge in [-0.25, -0.2) is 4.98 Å². The van der Waals surface area contributed by atoms with Crippen molar-refractivity contribution in [2.24, 2.45) is 0 Å². The van der Waals surface area contributed by atoms with Crippen molar-refractivity contribution < 1.29 is 0 Å². The third-order valence-corrected chi connectivity index (χ3v) is 3.57. The summed E-state index contributed by atoms with van der Waals surface area (Å²) in [7, 11) is 0. The maximum atomic E-state index is 4.52. The molecule has 0 radical (unpaired) electrons. The molecule has 88 valence electrons. The fourth-order valence-corrected chi connectivity index (χ4v) is 2.63. The van der Waals surface area contributed by atoms with Crippen LogP contribution >= 0.6 is 11.8 Å². The standard InChI is InChI=1S/C11H18N4S/c1-2-12-11-13-5-4-10(14-11)15-6-3-8-16-9-7-15/h4-5H,2-3,6-9H2,1H3,(H,12,13,14). The Bertz CT molecular complexity index is 324. The average molecular weight is 238 g/mol. The molecule has 5 heteroatoms. The Hall–Kier alpha value is -0.970. The van der Waals surface area contributed by atoms with E-state index in [0.29, 0.717) is 0 Å². The van der Waals surface area contributed by atoms with E-state index in [0.717, 1.165) is 31.4 Å². The van der Waals surface area contributed by atoms with Crippen LogP contribution in [-0.4, -0.2) is 41.1 Å². The van der Waals surface area contributed by atoms with Crippen molar-refractivity contribution >= 4 is 23.5 Å². The van der Waals surface area contributed by atoms with Crippen molar-refractivity contribution in [1.82, 2.24) is 9.97 Å². The van der Waals surface area contributed by atoms with Gasteiger partial charge in [-0.2, -0.15) is 16.7 Å². The van der Waals surface area contributed by atoms with Gasteiger partial charge >= 0.3 is 0 Å². The fourth-order valence-electron chi connectivity index (χ4n) is 1.74. The highest BCUT2D eigenvalue weighted by Crippen LogP contribution is 2.17. The van der Waals surface area contributed by atoms with Gasteiger partial charge in [0, 0.05) is 31.6 Å². The van der Waals surface area contributed by atoms with E-state index >= 15 is 0 Å². The van der Waals surface area contributed by atoms with Crippen LogP contribution < -0.4 is 10.2 Å². The van der Waals surface area contributed by atoms with Crippen molar-refractivity contribution in [2.75, 3.05) is 41.4 Å². The minimum Gasteiger partial charge on any atom is -0.356 e. The van der Waals surface area contributed by atoms with Crippen LogP contribution in [0.15, 0.2) is 12.3 Å². The molecule has 0 atom stereocenters. The molecule has 0 aromatic carbocycles. The topological polar surface area (TPSA) is 41.1 Å². The molecule has 1 aromatic heterocycles. The first-order chi connectivity index (χ1) is 7.90. The van der Waals surface area contributed by atoms with Crippen molar-refractivity contribution in [3.05, 3.63) is 12.3 Å². The molecule has 2 heterocycles. The van der Waals surface area contributed by atoms with Crippen LogP contribution in [0.3, 0.4) is 0 Å². The van der Waals surface area contributed by atoms with Gasteiger partial charge in [-0.05, 0) is 25.2 Å². The lowest BCUT2D eigenvalue weighted by atomic mass is 10.4. The Balaban J connectivity index is 2.08. The molecule has 1 N–H and O–H groups in total. The quantitative estimate of drug-likeness (QED) is 0.870. The van der Waals surface area contributed by atoms with Crippen LogP contribution in [0.2, 0.25) is 0 Å². The van der Waals surface area contributed by atoms with Gasteiger partial charge in [0.2, 0.25) is 5.95 Å². The fraction of sp³-hybridized carbons (Fsp3) is 0.636. The summed E-state index contributed by atoms with van der Waals surface area (Å²) in [5.41, 5.74) is 0. The van der Waals surface area contributed by atoms with E-state index in [1.165, 1.54) is 17.9 Å². The van der Waals surface area contributed by atoms with Gasteiger partial charge < -0.3 is 10.2 Å². The predicted molar refractivity (Wildman–Crippen MR) is 70.4 cm³/mol. The first kappa shape index (κ1) is 11.5. The second-order valence-electron chi connectivity index (χ2n) is 3.72. The van der Waals surface area contributed by atoms with Gasteiger partial charge in [-0.1, -0.05) is 0 Å². The Morgan fingerprint density at radius 3 is 3.25 bits per heavy atom. The summed E-state index contributed by atoms with van der Waals surface area (Å²) >= 11 is 2.03. The highest BCUT2D eigenvalue weighted by atomic mass is 32.2. The molecular weight excluding hydrogens is 220 g/mol. The monoisotopic (exact) mass is 238 g/mol. The first-order valence-electron chi connectivity index (χ1n) is 5.80. The molecule has 1 fully saturated rings. The second kappa shape index (κ2) is 5.94. The summed E-state index contributed by atoms with van der Waals surface area (Å²) in [5, 5.41) is 3.15. The number of nitrogens with zero attached hydrogens (tertiary/aromatic N) is 3. The normalized spacial score (nSPS) is 16.9. The van der Waals surface area contributed by atoms with Crippen LogP contribution in [0.4, 0.5) is 11.8 Å².